The Hall–Kier alpha value is -1.55. The van der Waals surface area contributed by atoms with Crippen molar-refractivity contribution in [1.82, 2.24) is 10.6 Å². The zero-order chi connectivity index (χ0) is 12.3. The maximum absolute atomic E-state index is 11.4. The Kier molecular flexibility index (Phi) is 3.64. The summed E-state index contributed by atoms with van der Waals surface area (Å²) >= 11 is 0. The molecule has 0 radical (unpaired) electrons. The van der Waals surface area contributed by atoms with Crippen molar-refractivity contribution in [3.8, 4) is 0 Å². The second kappa shape index (κ2) is 5.19. The summed E-state index contributed by atoms with van der Waals surface area (Å²) in [7, 11) is 3.62. The van der Waals surface area contributed by atoms with Crippen LogP contribution in [0.2, 0.25) is 0 Å². The first kappa shape index (κ1) is 11.9. The maximum Gasteiger partial charge on any atom is 0.239 e. The van der Waals surface area contributed by atoms with Gasteiger partial charge < -0.3 is 15.5 Å². The molecular weight excluding hydrogens is 214 g/mol. The van der Waals surface area contributed by atoms with E-state index in [2.05, 4.69) is 28.8 Å². The molecule has 4 nitrogen and oxygen atoms in total. The highest BCUT2D eigenvalue weighted by atomic mass is 16.1. The molecule has 1 aliphatic rings. The van der Waals surface area contributed by atoms with Crippen molar-refractivity contribution in [2.75, 3.05) is 32.1 Å². The monoisotopic (exact) mass is 233 g/mol. The summed E-state index contributed by atoms with van der Waals surface area (Å²) in [6, 6.07) is 6.32. The molecule has 0 fully saturated rings. The molecule has 2 N–H and O–H groups in total. The van der Waals surface area contributed by atoms with Gasteiger partial charge in [0.25, 0.3) is 0 Å². The first-order chi connectivity index (χ1) is 8.22. The average molecular weight is 233 g/mol. The van der Waals surface area contributed by atoms with Gasteiger partial charge in [0.15, 0.2) is 0 Å². The number of carbonyl (C=O) groups is 1. The van der Waals surface area contributed by atoms with E-state index in [0.29, 0.717) is 6.54 Å². The zero-order valence-electron chi connectivity index (χ0n) is 10.4. The van der Waals surface area contributed by atoms with Crippen LogP contribution in [0.1, 0.15) is 11.1 Å². The standard InChI is InChI=1S/C13H19N3O/c1-14-13(17)9-16(2)12-5-3-4-10-6-7-15-8-11(10)12/h3-5,15H,6-9H2,1-2H3,(H,14,17). The SMILES string of the molecule is CNC(=O)CN(C)c1cccc2c1CNCC2. The lowest BCUT2D eigenvalue weighted by Crippen LogP contribution is -2.34. The Bertz CT molecular complexity index is 417. The van der Waals surface area contributed by atoms with Crippen LogP contribution in [0.4, 0.5) is 5.69 Å². The molecule has 0 saturated carbocycles. The van der Waals surface area contributed by atoms with Gasteiger partial charge in [-0.3, -0.25) is 4.79 Å². The van der Waals surface area contributed by atoms with E-state index in [4.69, 9.17) is 0 Å². The van der Waals surface area contributed by atoms with Crippen LogP contribution in [-0.2, 0) is 17.8 Å². The molecule has 0 spiro atoms. The summed E-state index contributed by atoms with van der Waals surface area (Å²) in [5.41, 5.74) is 3.87. The first-order valence-electron chi connectivity index (χ1n) is 5.95. The van der Waals surface area contributed by atoms with E-state index in [1.165, 1.54) is 11.1 Å². The van der Waals surface area contributed by atoms with Crippen molar-refractivity contribution in [3.63, 3.8) is 0 Å². The van der Waals surface area contributed by atoms with Crippen molar-refractivity contribution in [3.05, 3.63) is 29.3 Å². The van der Waals surface area contributed by atoms with Gasteiger partial charge in [-0.25, -0.2) is 0 Å². The minimum absolute atomic E-state index is 0.0360. The van der Waals surface area contributed by atoms with Crippen LogP contribution in [-0.4, -0.2) is 33.1 Å². The predicted octanol–water partition coefficient (Wildman–Crippen LogP) is 0.514. The molecular formula is C13H19N3O. The van der Waals surface area contributed by atoms with Crippen molar-refractivity contribution in [2.45, 2.75) is 13.0 Å². The largest absolute Gasteiger partial charge is 0.365 e. The van der Waals surface area contributed by atoms with E-state index in [1.807, 2.05) is 11.9 Å². The first-order valence-corrected chi connectivity index (χ1v) is 5.95. The molecule has 1 amide bonds. The van der Waals surface area contributed by atoms with Crippen molar-refractivity contribution in [1.29, 1.82) is 0 Å². The fraction of sp³-hybridized carbons (Fsp3) is 0.462. The fourth-order valence-electron chi connectivity index (χ4n) is 2.23. The van der Waals surface area contributed by atoms with Gasteiger partial charge in [-0.15, -0.1) is 0 Å². The molecule has 0 aromatic heterocycles. The van der Waals surface area contributed by atoms with E-state index >= 15 is 0 Å². The quantitative estimate of drug-likeness (QED) is 0.800. The molecule has 0 unspecified atom stereocenters. The van der Waals surface area contributed by atoms with Gasteiger partial charge >= 0.3 is 0 Å². The van der Waals surface area contributed by atoms with Crippen LogP contribution >= 0.6 is 0 Å². The van der Waals surface area contributed by atoms with Crippen LogP contribution in [0.25, 0.3) is 0 Å². The van der Waals surface area contributed by atoms with Crippen LogP contribution in [0.5, 0.6) is 0 Å². The second-order valence-corrected chi connectivity index (χ2v) is 4.37. The molecule has 1 aliphatic heterocycles. The lowest BCUT2D eigenvalue weighted by atomic mass is 9.99. The van der Waals surface area contributed by atoms with Crippen LogP contribution in [0.15, 0.2) is 18.2 Å². The highest BCUT2D eigenvalue weighted by Gasteiger charge is 2.15. The lowest BCUT2D eigenvalue weighted by molar-refractivity contribution is -0.119. The number of anilines is 1. The summed E-state index contributed by atoms with van der Waals surface area (Å²) in [5.74, 6) is 0.0360. The minimum Gasteiger partial charge on any atom is -0.365 e. The third-order valence-corrected chi connectivity index (χ3v) is 3.19. The molecule has 0 bridgehead atoms. The van der Waals surface area contributed by atoms with Gasteiger partial charge in [0.05, 0.1) is 6.54 Å². The zero-order valence-corrected chi connectivity index (χ0v) is 10.4. The van der Waals surface area contributed by atoms with Gasteiger partial charge in [-0.2, -0.15) is 0 Å². The molecule has 2 rings (SSSR count). The summed E-state index contributed by atoms with van der Waals surface area (Å²) in [6.45, 7) is 2.33. The van der Waals surface area contributed by atoms with Gasteiger partial charge in [-0.05, 0) is 30.2 Å². The number of hydrogen-bond donors (Lipinski definition) is 2. The number of benzene rings is 1. The van der Waals surface area contributed by atoms with Crippen molar-refractivity contribution < 1.29 is 4.79 Å². The van der Waals surface area contributed by atoms with Crippen LogP contribution in [0, 0.1) is 0 Å². The van der Waals surface area contributed by atoms with E-state index in [1.54, 1.807) is 7.05 Å². The molecule has 1 aromatic rings. The summed E-state index contributed by atoms with van der Waals surface area (Å²) in [4.78, 5) is 13.4. The highest BCUT2D eigenvalue weighted by molar-refractivity contribution is 5.81. The molecule has 1 heterocycles. The summed E-state index contributed by atoms with van der Waals surface area (Å²) in [5, 5.41) is 6.03. The Morgan fingerprint density at radius 1 is 1.53 bits per heavy atom. The van der Waals surface area contributed by atoms with E-state index < -0.39 is 0 Å². The molecule has 0 atom stereocenters. The maximum atomic E-state index is 11.4. The molecule has 4 heteroatoms. The Morgan fingerprint density at radius 2 is 2.35 bits per heavy atom. The lowest BCUT2D eigenvalue weighted by Gasteiger charge is -2.26. The van der Waals surface area contributed by atoms with E-state index in [0.717, 1.165) is 25.2 Å². The third kappa shape index (κ3) is 2.58. The third-order valence-electron chi connectivity index (χ3n) is 3.19. The number of nitrogens with one attached hydrogen (secondary N) is 2. The van der Waals surface area contributed by atoms with Crippen LogP contribution < -0.4 is 15.5 Å². The van der Waals surface area contributed by atoms with Gasteiger partial charge in [0, 0.05) is 26.3 Å². The number of fused-ring (bicyclic) bond motifs is 1. The topological polar surface area (TPSA) is 44.4 Å². The minimum atomic E-state index is 0.0360. The van der Waals surface area contributed by atoms with Crippen LogP contribution in [0.3, 0.4) is 0 Å². The number of rotatable bonds is 3. The smallest absolute Gasteiger partial charge is 0.239 e. The Labute approximate surface area is 102 Å². The number of carbonyl (C=O) groups excluding carboxylic acids is 1. The number of amides is 1. The summed E-state index contributed by atoms with van der Waals surface area (Å²) in [6.07, 6.45) is 1.07. The van der Waals surface area contributed by atoms with Gasteiger partial charge in [0.2, 0.25) is 5.91 Å². The number of likely N-dealkylation sites (N-methyl/N-ethyl adjacent to an activating group) is 2. The molecule has 92 valence electrons. The molecule has 0 aliphatic carbocycles. The second-order valence-electron chi connectivity index (χ2n) is 4.37. The molecule has 0 saturated heterocycles. The van der Waals surface area contributed by atoms with E-state index in [-0.39, 0.29) is 5.91 Å². The van der Waals surface area contributed by atoms with Gasteiger partial charge in [0.1, 0.15) is 0 Å². The number of nitrogens with zero attached hydrogens (tertiary/aromatic N) is 1. The van der Waals surface area contributed by atoms with Crippen molar-refractivity contribution >= 4 is 11.6 Å². The highest BCUT2D eigenvalue weighted by Crippen LogP contribution is 2.25. The predicted molar refractivity (Wildman–Crippen MR) is 69.2 cm³/mol. The Morgan fingerprint density at radius 3 is 3.12 bits per heavy atom. The summed E-state index contributed by atoms with van der Waals surface area (Å²) < 4.78 is 0. The molecule has 1 aromatic carbocycles. The number of hydrogen-bond acceptors (Lipinski definition) is 3. The van der Waals surface area contributed by atoms with Gasteiger partial charge in [-0.1, -0.05) is 12.1 Å². The average Bonchev–Trinajstić information content (AvgIpc) is 2.37. The Balaban J connectivity index is 2.22. The molecule has 17 heavy (non-hydrogen) atoms. The normalized spacial score (nSPS) is 14.0. The fourth-order valence-corrected chi connectivity index (χ4v) is 2.23. The van der Waals surface area contributed by atoms with Crippen molar-refractivity contribution in [2.24, 2.45) is 0 Å². The van der Waals surface area contributed by atoms with E-state index in [9.17, 15) is 4.79 Å².